The summed E-state index contributed by atoms with van der Waals surface area (Å²) in [6.45, 7) is 6.18. The second-order valence-corrected chi connectivity index (χ2v) is 10.1. The summed E-state index contributed by atoms with van der Waals surface area (Å²) in [6, 6.07) is 27.6. The molecule has 3 amide bonds. The summed E-state index contributed by atoms with van der Waals surface area (Å²) in [5.74, 6) is 0. The molecule has 0 spiro atoms. The van der Waals surface area contributed by atoms with Crippen molar-refractivity contribution in [3.8, 4) is 0 Å². The van der Waals surface area contributed by atoms with E-state index >= 15 is 0 Å². The molecule has 0 aromatic heterocycles. The summed E-state index contributed by atoms with van der Waals surface area (Å²) in [7, 11) is 0. The van der Waals surface area contributed by atoms with Gasteiger partial charge >= 0.3 is 12.1 Å². The lowest BCUT2D eigenvalue weighted by Crippen LogP contribution is -2.54. The van der Waals surface area contributed by atoms with Crippen LogP contribution in [-0.4, -0.2) is 46.4 Å². The quantitative estimate of drug-likeness (QED) is 0.367. The maximum atomic E-state index is 13.2. The lowest BCUT2D eigenvalue weighted by Gasteiger charge is -2.32. The Morgan fingerprint density at radius 3 is 1.89 bits per heavy atom. The number of amides is 3. The number of carbonyl (C=O) groups is 2. The minimum absolute atomic E-state index is 0.0211. The number of aliphatic hydroxyl groups excluding tert-OH is 1. The number of hydrogen-bond acceptors (Lipinski definition) is 4. The van der Waals surface area contributed by atoms with Gasteiger partial charge in [-0.2, -0.15) is 0 Å². The van der Waals surface area contributed by atoms with E-state index in [1.165, 1.54) is 0 Å². The smallest absolute Gasteiger partial charge is 0.407 e. The van der Waals surface area contributed by atoms with Crippen molar-refractivity contribution in [3.63, 3.8) is 0 Å². The van der Waals surface area contributed by atoms with Crippen LogP contribution in [0.1, 0.15) is 37.5 Å². The van der Waals surface area contributed by atoms with E-state index in [2.05, 4.69) is 10.6 Å². The molecule has 0 fully saturated rings. The van der Waals surface area contributed by atoms with Gasteiger partial charge in [0.25, 0.3) is 0 Å². The van der Waals surface area contributed by atoms with Gasteiger partial charge in [-0.3, -0.25) is 0 Å². The molecule has 0 aliphatic carbocycles. The van der Waals surface area contributed by atoms with Crippen molar-refractivity contribution in [2.75, 3.05) is 6.54 Å². The molecule has 0 heterocycles. The number of nitrogens with one attached hydrogen (secondary N) is 2. The number of benzene rings is 3. The van der Waals surface area contributed by atoms with Crippen LogP contribution in [0.3, 0.4) is 0 Å². The van der Waals surface area contributed by atoms with Crippen molar-refractivity contribution in [2.45, 2.75) is 58.0 Å². The molecule has 0 saturated carbocycles. The molecule has 7 nitrogen and oxygen atoms in total. The molecule has 3 aromatic carbocycles. The Hall–Kier alpha value is -3.84. The highest BCUT2D eigenvalue weighted by Gasteiger charge is 2.28. The van der Waals surface area contributed by atoms with Crippen LogP contribution in [-0.2, 0) is 24.3 Å². The molecule has 0 unspecified atom stereocenters. The first-order valence-corrected chi connectivity index (χ1v) is 12.5. The SMILES string of the molecule is CC(C)(C)NC(=O)N(Cc1ccccc1)C[C@@H](O)[C@H](Cc1ccccc1)NC(=O)OCc1ccccc1. The van der Waals surface area contributed by atoms with Crippen LogP contribution >= 0.6 is 0 Å². The van der Waals surface area contributed by atoms with Crippen molar-refractivity contribution < 1.29 is 19.4 Å². The summed E-state index contributed by atoms with van der Waals surface area (Å²) >= 11 is 0. The number of hydrogen-bond donors (Lipinski definition) is 3. The average Bonchev–Trinajstić information content (AvgIpc) is 2.87. The maximum Gasteiger partial charge on any atom is 0.407 e. The van der Waals surface area contributed by atoms with E-state index in [4.69, 9.17) is 4.74 Å². The molecule has 3 N–H and O–H groups in total. The fourth-order valence-electron chi connectivity index (χ4n) is 3.84. The molecule has 37 heavy (non-hydrogen) atoms. The standard InChI is InChI=1S/C30H37N3O4/c1-30(2,3)32-28(35)33(20-24-15-9-5-10-16-24)21-27(34)26(19-23-13-7-4-8-14-23)31-29(36)37-22-25-17-11-6-12-18-25/h4-18,26-27,34H,19-22H2,1-3H3,(H,31,36)(H,32,35)/t26-,27+/m0/s1. The van der Waals surface area contributed by atoms with Gasteiger partial charge in [-0.25, -0.2) is 9.59 Å². The van der Waals surface area contributed by atoms with Gasteiger partial charge in [0.15, 0.2) is 0 Å². The van der Waals surface area contributed by atoms with Crippen molar-refractivity contribution >= 4 is 12.1 Å². The highest BCUT2D eigenvalue weighted by atomic mass is 16.5. The Bertz CT molecular complexity index is 1100. The average molecular weight is 504 g/mol. The van der Waals surface area contributed by atoms with E-state index < -0.39 is 23.8 Å². The molecule has 3 rings (SSSR count). The molecule has 0 aliphatic rings. The number of urea groups is 1. The third kappa shape index (κ3) is 9.97. The number of carbonyl (C=O) groups excluding carboxylic acids is 2. The second-order valence-electron chi connectivity index (χ2n) is 10.1. The van der Waals surface area contributed by atoms with Crippen LogP contribution in [0.2, 0.25) is 0 Å². The maximum absolute atomic E-state index is 13.2. The summed E-state index contributed by atoms with van der Waals surface area (Å²) in [4.78, 5) is 27.4. The fourth-order valence-corrected chi connectivity index (χ4v) is 3.84. The van der Waals surface area contributed by atoms with Gasteiger partial charge in [0.1, 0.15) is 6.61 Å². The predicted molar refractivity (Wildman–Crippen MR) is 145 cm³/mol. The van der Waals surface area contributed by atoms with Crippen molar-refractivity contribution in [3.05, 3.63) is 108 Å². The van der Waals surface area contributed by atoms with Crippen LogP contribution in [0.5, 0.6) is 0 Å². The van der Waals surface area contributed by atoms with Gasteiger partial charge in [0.2, 0.25) is 0 Å². The normalized spacial score (nSPS) is 12.8. The summed E-state index contributed by atoms with van der Waals surface area (Å²) < 4.78 is 5.41. The highest BCUT2D eigenvalue weighted by Crippen LogP contribution is 2.13. The van der Waals surface area contributed by atoms with E-state index in [1.807, 2.05) is 112 Å². The van der Waals surface area contributed by atoms with Crippen LogP contribution < -0.4 is 10.6 Å². The molecular formula is C30H37N3O4. The van der Waals surface area contributed by atoms with Gasteiger partial charge in [-0.1, -0.05) is 91.0 Å². The molecular weight excluding hydrogens is 466 g/mol. The third-order valence-electron chi connectivity index (χ3n) is 5.67. The monoisotopic (exact) mass is 503 g/mol. The first kappa shape index (κ1) is 27.7. The fraction of sp³-hybridized carbons (Fsp3) is 0.333. The van der Waals surface area contributed by atoms with Gasteiger partial charge < -0.3 is 25.4 Å². The summed E-state index contributed by atoms with van der Waals surface area (Å²) in [5.41, 5.74) is 2.31. The molecule has 0 saturated heterocycles. The molecule has 7 heteroatoms. The summed E-state index contributed by atoms with van der Waals surface area (Å²) in [5, 5.41) is 17.1. The Morgan fingerprint density at radius 2 is 1.35 bits per heavy atom. The van der Waals surface area contributed by atoms with Crippen LogP contribution in [0.25, 0.3) is 0 Å². The Morgan fingerprint density at radius 1 is 0.838 bits per heavy atom. The zero-order valence-electron chi connectivity index (χ0n) is 21.8. The number of nitrogens with zero attached hydrogens (tertiary/aromatic N) is 1. The van der Waals surface area contributed by atoms with Gasteiger partial charge in [-0.15, -0.1) is 0 Å². The van der Waals surface area contributed by atoms with Gasteiger partial charge in [-0.05, 0) is 43.9 Å². The predicted octanol–water partition coefficient (Wildman–Crippen LogP) is 4.90. The Labute approximate surface area is 219 Å². The van der Waals surface area contributed by atoms with E-state index in [0.717, 1.165) is 16.7 Å². The zero-order valence-corrected chi connectivity index (χ0v) is 21.8. The largest absolute Gasteiger partial charge is 0.445 e. The van der Waals surface area contributed by atoms with Crippen LogP contribution in [0, 0.1) is 0 Å². The first-order chi connectivity index (χ1) is 17.7. The third-order valence-corrected chi connectivity index (χ3v) is 5.67. The van der Waals surface area contributed by atoms with E-state index in [1.54, 1.807) is 4.90 Å². The molecule has 3 aromatic rings. The second kappa shape index (κ2) is 13.5. The number of alkyl carbamates (subject to hydrolysis) is 1. The van der Waals surface area contributed by atoms with Crippen molar-refractivity contribution in [1.29, 1.82) is 0 Å². The highest BCUT2D eigenvalue weighted by molar-refractivity contribution is 5.75. The van der Waals surface area contributed by atoms with Gasteiger partial charge in [0, 0.05) is 12.1 Å². The van der Waals surface area contributed by atoms with E-state index in [0.29, 0.717) is 13.0 Å². The minimum atomic E-state index is -1.04. The molecule has 196 valence electrons. The summed E-state index contributed by atoms with van der Waals surface area (Å²) in [6.07, 6.45) is -1.29. The van der Waals surface area contributed by atoms with E-state index in [9.17, 15) is 14.7 Å². The number of rotatable bonds is 10. The zero-order chi connectivity index (χ0) is 26.7. The van der Waals surface area contributed by atoms with Crippen LogP contribution in [0.4, 0.5) is 9.59 Å². The van der Waals surface area contributed by atoms with Gasteiger partial charge in [0.05, 0.1) is 18.7 Å². The minimum Gasteiger partial charge on any atom is -0.445 e. The lowest BCUT2D eigenvalue weighted by atomic mass is 10.0. The molecule has 0 bridgehead atoms. The first-order valence-electron chi connectivity index (χ1n) is 12.5. The van der Waals surface area contributed by atoms with Crippen molar-refractivity contribution in [2.24, 2.45) is 0 Å². The lowest BCUT2D eigenvalue weighted by molar-refractivity contribution is 0.0759. The number of ether oxygens (including phenoxy) is 1. The topological polar surface area (TPSA) is 90.9 Å². The Balaban J connectivity index is 1.74. The molecule has 0 aliphatic heterocycles. The van der Waals surface area contributed by atoms with E-state index in [-0.39, 0.29) is 19.2 Å². The number of aliphatic hydroxyl groups is 1. The molecule has 2 atom stereocenters. The molecule has 0 radical (unpaired) electrons. The Kier molecular flexibility index (Phi) is 10.1. The van der Waals surface area contributed by atoms with Crippen LogP contribution in [0.15, 0.2) is 91.0 Å². The van der Waals surface area contributed by atoms with Crippen molar-refractivity contribution in [1.82, 2.24) is 15.5 Å².